The van der Waals surface area contributed by atoms with Crippen LogP contribution in [0.4, 0.5) is 11.4 Å². The number of anilines is 2. The zero-order chi connectivity index (χ0) is 21.5. The van der Waals surface area contributed by atoms with Crippen molar-refractivity contribution in [1.82, 2.24) is 0 Å². The van der Waals surface area contributed by atoms with Crippen LogP contribution in [0, 0.1) is 13.8 Å². The predicted molar refractivity (Wildman–Crippen MR) is 118 cm³/mol. The number of fused-ring (bicyclic) bond motifs is 1. The molecule has 0 fully saturated rings. The molecule has 0 aliphatic carbocycles. The fourth-order valence-electron chi connectivity index (χ4n) is 3.87. The summed E-state index contributed by atoms with van der Waals surface area (Å²) in [6, 6.07) is 19.2. The van der Waals surface area contributed by atoms with Crippen molar-refractivity contribution in [3.63, 3.8) is 0 Å². The highest BCUT2D eigenvalue weighted by Gasteiger charge is 2.51. The standard InChI is InChI=1S/C24H21ClN2O3/c1-15-10-11-20(16(2)12-15)26-22(28)14-27-21-9-4-3-8-19(21)24(30,23(27)29)17-6-5-7-18(25)13-17/h3-13,30H,14H2,1-2H3,(H,26,28)/t24-/m1/s1. The number of para-hydroxylation sites is 1. The lowest BCUT2D eigenvalue weighted by Gasteiger charge is -2.24. The molecule has 3 aromatic carbocycles. The van der Waals surface area contributed by atoms with Gasteiger partial charge in [0.05, 0.1) is 5.69 Å². The molecular weight excluding hydrogens is 400 g/mol. The second-order valence-electron chi connectivity index (χ2n) is 7.50. The Hall–Kier alpha value is -3.15. The Morgan fingerprint density at radius 2 is 1.83 bits per heavy atom. The van der Waals surface area contributed by atoms with Crippen molar-refractivity contribution in [3.05, 3.63) is 94.0 Å². The van der Waals surface area contributed by atoms with Crippen LogP contribution in [0.2, 0.25) is 5.02 Å². The highest BCUT2D eigenvalue weighted by molar-refractivity contribution is 6.30. The molecule has 4 rings (SSSR count). The average molecular weight is 421 g/mol. The summed E-state index contributed by atoms with van der Waals surface area (Å²) in [7, 11) is 0. The van der Waals surface area contributed by atoms with E-state index < -0.39 is 11.5 Å². The van der Waals surface area contributed by atoms with Crippen LogP contribution >= 0.6 is 11.6 Å². The van der Waals surface area contributed by atoms with Gasteiger partial charge in [-0.15, -0.1) is 0 Å². The van der Waals surface area contributed by atoms with Crippen LogP contribution in [0.5, 0.6) is 0 Å². The molecule has 152 valence electrons. The molecule has 0 unspecified atom stereocenters. The number of aliphatic hydroxyl groups is 1. The lowest BCUT2D eigenvalue weighted by Crippen LogP contribution is -2.44. The Bertz CT molecular complexity index is 1160. The lowest BCUT2D eigenvalue weighted by molar-refractivity contribution is -0.133. The number of hydrogen-bond donors (Lipinski definition) is 2. The second-order valence-corrected chi connectivity index (χ2v) is 7.93. The quantitative estimate of drug-likeness (QED) is 0.665. The van der Waals surface area contributed by atoms with E-state index in [0.717, 1.165) is 11.1 Å². The summed E-state index contributed by atoms with van der Waals surface area (Å²) in [4.78, 5) is 27.4. The van der Waals surface area contributed by atoms with Crippen molar-refractivity contribution in [2.75, 3.05) is 16.8 Å². The van der Waals surface area contributed by atoms with Crippen LogP contribution in [0.1, 0.15) is 22.3 Å². The van der Waals surface area contributed by atoms with Crippen molar-refractivity contribution < 1.29 is 14.7 Å². The zero-order valence-corrected chi connectivity index (χ0v) is 17.4. The highest BCUT2D eigenvalue weighted by Crippen LogP contribution is 2.44. The van der Waals surface area contributed by atoms with E-state index in [1.807, 2.05) is 32.0 Å². The van der Waals surface area contributed by atoms with Crippen LogP contribution in [0.3, 0.4) is 0 Å². The molecule has 1 aliphatic heterocycles. The Morgan fingerprint density at radius 3 is 2.57 bits per heavy atom. The Kier molecular flexibility index (Phi) is 5.10. The van der Waals surface area contributed by atoms with Gasteiger partial charge in [0.1, 0.15) is 6.54 Å². The number of carbonyl (C=O) groups is 2. The molecular formula is C24H21ClN2O3. The molecule has 2 amide bonds. The number of benzene rings is 3. The van der Waals surface area contributed by atoms with Gasteiger partial charge in [0.15, 0.2) is 5.60 Å². The maximum Gasteiger partial charge on any atom is 0.268 e. The molecule has 0 saturated carbocycles. The summed E-state index contributed by atoms with van der Waals surface area (Å²) in [5.74, 6) is -0.929. The van der Waals surface area contributed by atoms with Gasteiger partial charge in [-0.3, -0.25) is 14.5 Å². The average Bonchev–Trinajstić information content (AvgIpc) is 2.93. The van der Waals surface area contributed by atoms with Gasteiger partial charge in [-0.25, -0.2) is 0 Å². The van der Waals surface area contributed by atoms with Crippen LogP contribution in [-0.4, -0.2) is 23.5 Å². The van der Waals surface area contributed by atoms with Gasteiger partial charge in [0.25, 0.3) is 5.91 Å². The van der Waals surface area contributed by atoms with Crippen molar-refractivity contribution in [2.45, 2.75) is 19.4 Å². The monoisotopic (exact) mass is 420 g/mol. The molecule has 6 heteroatoms. The second kappa shape index (κ2) is 7.59. The van der Waals surface area contributed by atoms with Gasteiger partial charge in [0.2, 0.25) is 5.91 Å². The first-order valence-electron chi connectivity index (χ1n) is 9.57. The Labute approximate surface area is 179 Å². The topological polar surface area (TPSA) is 69.6 Å². The SMILES string of the molecule is Cc1ccc(NC(=O)CN2C(=O)[C@@](O)(c3cccc(Cl)c3)c3ccccc32)c(C)c1. The third-order valence-corrected chi connectivity index (χ3v) is 5.57. The van der Waals surface area contributed by atoms with Crippen molar-refractivity contribution >= 4 is 34.8 Å². The van der Waals surface area contributed by atoms with Gasteiger partial charge >= 0.3 is 0 Å². The first-order valence-corrected chi connectivity index (χ1v) is 9.95. The maximum absolute atomic E-state index is 13.3. The molecule has 3 aromatic rings. The molecule has 1 heterocycles. The largest absolute Gasteiger partial charge is 0.372 e. The number of nitrogens with one attached hydrogen (secondary N) is 1. The van der Waals surface area contributed by atoms with Crippen molar-refractivity contribution in [2.24, 2.45) is 0 Å². The smallest absolute Gasteiger partial charge is 0.268 e. The molecule has 2 N–H and O–H groups in total. The van der Waals surface area contributed by atoms with Gasteiger partial charge in [-0.1, -0.05) is 59.6 Å². The molecule has 0 bridgehead atoms. The van der Waals surface area contributed by atoms with E-state index in [1.54, 1.807) is 48.5 Å². The van der Waals surface area contributed by atoms with E-state index in [0.29, 0.717) is 27.5 Å². The summed E-state index contributed by atoms with van der Waals surface area (Å²) in [5, 5.41) is 14.7. The predicted octanol–water partition coefficient (Wildman–Crippen LogP) is 4.18. The molecule has 0 saturated heterocycles. The minimum atomic E-state index is -1.90. The van der Waals surface area contributed by atoms with E-state index in [2.05, 4.69) is 5.32 Å². The Morgan fingerprint density at radius 1 is 1.07 bits per heavy atom. The lowest BCUT2D eigenvalue weighted by atomic mass is 9.87. The summed E-state index contributed by atoms with van der Waals surface area (Å²) >= 11 is 6.10. The first kappa shape index (κ1) is 20.1. The van der Waals surface area contributed by atoms with E-state index >= 15 is 0 Å². The fraction of sp³-hybridized carbons (Fsp3) is 0.167. The number of amides is 2. The van der Waals surface area contributed by atoms with E-state index in [-0.39, 0.29) is 12.5 Å². The number of nitrogens with zero attached hydrogens (tertiary/aromatic N) is 1. The molecule has 5 nitrogen and oxygen atoms in total. The van der Waals surface area contributed by atoms with Gasteiger partial charge in [-0.2, -0.15) is 0 Å². The van der Waals surface area contributed by atoms with Gasteiger partial charge in [0, 0.05) is 16.3 Å². The van der Waals surface area contributed by atoms with Crippen molar-refractivity contribution in [1.29, 1.82) is 0 Å². The van der Waals surface area contributed by atoms with Crippen LogP contribution in [-0.2, 0) is 15.2 Å². The fourth-order valence-corrected chi connectivity index (χ4v) is 4.06. The summed E-state index contributed by atoms with van der Waals surface area (Å²) in [5.41, 5.74) is 2.12. The molecule has 1 aliphatic rings. The molecule has 30 heavy (non-hydrogen) atoms. The number of halogens is 1. The van der Waals surface area contributed by atoms with E-state index in [1.165, 1.54) is 4.90 Å². The molecule has 0 spiro atoms. The van der Waals surface area contributed by atoms with Crippen LogP contribution in [0.15, 0.2) is 66.7 Å². The number of hydrogen-bond acceptors (Lipinski definition) is 3. The summed E-state index contributed by atoms with van der Waals surface area (Å²) < 4.78 is 0. The molecule has 1 atom stereocenters. The summed E-state index contributed by atoms with van der Waals surface area (Å²) in [6.45, 7) is 3.68. The Balaban J connectivity index is 1.66. The zero-order valence-electron chi connectivity index (χ0n) is 16.6. The first-order chi connectivity index (χ1) is 14.3. The molecule has 0 aromatic heterocycles. The minimum Gasteiger partial charge on any atom is -0.372 e. The summed E-state index contributed by atoms with van der Waals surface area (Å²) in [6.07, 6.45) is 0. The minimum absolute atomic E-state index is 0.216. The van der Waals surface area contributed by atoms with Gasteiger partial charge < -0.3 is 10.4 Å². The van der Waals surface area contributed by atoms with Crippen LogP contribution in [0.25, 0.3) is 0 Å². The maximum atomic E-state index is 13.3. The van der Waals surface area contributed by atoms with Crippen molar-refractivity contribution in [3.8, 4) is 0 Å². The normalized spacial score (nSPS) is 17.7. The third kappa shape index (κ3) is 3.36. The van der Waals surface area contributed by atoms with E-state index in [9.17, 15) is 14.7 Å². The molecule has 0 radical (unpaired) electrons. The van der Waals surface area contributed by atoms with Crippen LogP contribution < -0.4 is 10.2 Å². The highest BCUT2D eigenvalue weighted by atomic mass is 35.5. The number of carbonyl (C=O) groups excluding carboxylic acids is 2. The van der Waals surface area contributed by atoms with E-state index in [4.69, 9.17) is 11.6 Å². The third-order valence-electron chi connectivity index (χ3n) is 5.34. The number of aryl methyl sites for hydroxylation is 2. The number of rotatable bonds is 4. The van der Waals surface area contributed by atoms with Gasteiger partial charge in [-0.05, 0) is 49.2 Å².